The van der Waals surface area contributed by atoms with Crippen LogP contribution < -0.4 is 0 Å². The summed E-state index contributed by atoms with van der Waals surface area (Å²) in [4.78, 5) is 10.7. The van der Waals surface area contributed by atoms with Gasteiger partial charge in [-0.1, -0.05) is 36.3 Å². The zero-order valence-corrected chi connectivity index (χ0v) is 10.3. The fourth-order valence-electron chi connectivity index (χ4n) is 1.24. The van der Waals surface area contributed by atoms with Crippen LogP contribution in [0.25, 0.3) is 0 Å². The standard InChI is InChI=1S/C14H16O4/c1-17-14(16)9-5-8-13(15)11-18-10-12-6-3-2-4-7-12/h2-4,6-7,13,15H,8,10-11H2,1H3/t13-/m0/s1. The van der Waals surface area contributed by atoms with Crippen LogP contribution in [0.4, 0.5) is 0 Å². The quantitative estimate of drug-likeness (QED) is 0.482. The van der Waals surface area contributed by atoms with E-state index in [4.69, 9.17) is 4.74 Å². The van der Waals surface area contributed by atoms with Gasteiger partial charge in [0, 0.05) is 12.3 Å². The molecule has 1 aromatic carbocycles. The number of rotatable bonds is 5. The lowest BCUT2D eigenvalue weighted by Crippen LogP contribution is -2.14. The van der Waals surface area contributed by atoms with Gasteiger partial charge in [0.05, 0.1) is 26.4 Å². The molecule has 1 rings (SSSR count). The van der Waals surface area contributed by atoms with Crippen molar-refractivity contribution in [2.45, 2.75) is 19.1 Å². The Morgan fingerprint density at radius 1 is 1.39 bits per heavy atom. The third-order valence-electron chi connectivity index (χ3n) is 2.14. The lowest BCUT2D eigenvalue weighted by atomic mass is 10.2. The molecule has 0 radical (unpaired) electrons. The number of hydrogen-bond donors (Lipinski definition) is 1. The number of carbonyl (C=O) groups is 1. The highest BCUT2D eigenvalue weighted by Crippen LogP contribution is 2.01. The van der Waals surface area contributed by atoms with Crippen molar-refractivity contribution < 1.29 is 19.4 Å². The Bertz CT molecular complexity index is 416. The molecular weight excluding hydrogens is 232 g/mol. The van der Waals surface area contributed by atoms with Gasteiger partial charge in [0.25, 0.3) is 0 Å². The third kappa shape index (κ3) is 6.04. The molecule has 0 aliphatic rings. The van der Waals surface area contributed by atoms with E-state index in [1.165, 1.54) is 7.11 Å². The SMILES string of the molecule is COC(=O)C#CC[C@H](O)COCc1ccccc1. The predicted octanol–water partition coefficient (Wildman–Crippen LogP) is 1.13. The molecule has 0 saturated heterocycles. The van der Waals surface area contributed by atoms with E-state index in [1.807, 2.05) is 30.3 Å². The van der Waals surface area contributed by atoms with Crippen LogP contribution in [0.1, 0.15) is 12.0 Å². The van der Waals surface area contributed by atoms with Gasteiger partial charge in [0.15, 0.2) is 0 Å². The molecule has 0 bridgehead atoms. The van der Waals surface area contributed by atoms with Crippen LogP contribution in [-0.4, -0.2) is 30.9 Å². The Balaban J connectivity index is 2.19. The van der Waals surface area contributed by atoms with Crippen molar-refractivity contribution in [3.63, 3.8) is 0 Å². The highest BCUT2D eigenvalue weighted by atomic mass is 16.5. The Hall–Kier alpha value is -1.83. The summed E-state index contributed by atoms with van der Waals surface area (Å²) in [5.74, 6) is 4.17. The van der Waals surface area contributed by atoms with E-state index in [-0.39, 0.29) is 13.0 Å². The number of carbonyl (C=O) groups excluding carboxylic acids is 1. The number of hydrogen-bond acceptors (Lipinski definition) is 4. The van der Waals surface area contributed by atoms with Crippen LogP contribution in [0.15, 0.2) is 30.3 Å². The van der Waals surface area contributed by atoms with Gasteiger partial charge in [-0.2, -0.15) is 0 Å². The molecule has 0 saturated carbocycles. The first-order valence-corrected chi connectivity index (χ1v) is 5.59. The van der Waals surface area contributed by atoms with Crippen LogP contribution in [0, 0.1) is 11.8 Å². The fourth-order valence-corrected chi connectivity index (χ4v) is 1.24. The predicted molar refractivity (Wildman–Crippen MR) is 66.5 cm³/mol. The van der Waals surface area contributed by atoms with Crippen LogP contribution in [0.5, 0.6) is 0 Å². The minimum Gasteiger partial charge on any atom is -0.459 e. The topological polar surface area (TPSA) is 55.8 Å². The molecule has 0 heterocycles. The molecule has 18 heavy (non-hydrogen) atoms. The van der Waals surface area contributed by atoms with Gasteiger partial charge < -0.3 is 14.6 Å². The first-order chi connectivity index (χ1) is 8.72. The molecule has 4 heteroatoms. The Labute approximate surface area is 107 Å². The highest BCUT2D eigenvalue weighted by Gasteiger charge is 2.02. The maximum Gasteiger partial charge on any atom is 0.384 e. The summed E-state index contributed by atoms with van der Waals surface area (Å²) in [6.07, 6.45) is -0.518. The normalized spacial score (nSPS) is 11.2. The molecule has 4 nitrogen and oxygen atoms in total. The van der Waals surface area contributed by atoms with Gasteiger partial charge in [-0.25, -0.2) is 4.79 Å². The molecule has 0 aromatic heterocycles. The largest absolute Gasteiger partial charge is 0.459 e. The van der Waals surface area contributed by atoms with Crippen LogP contribution >= 0.6 is 0 Å². The Morgan fingerprint density at radius 3 is 2.78 bits per heavy atom. The van der Waals surface area contributed by atoms with E-state index >= 15 is 0 Å². The molecule has 0 spiro atoms. The molecule has 1 atom stereocenters. The van der Waals surface area contributed by atoms with Gasteiger partial charge in [-0.15, -0.1) is 0 Å². The van der Waals surface area contributed by atoms with Crippen LogP contribution in [-0.2, 0) is 20.9 Å². The molecule has 0 amide bonds. The number of methoxy groups -OCH3 is 1. The van der Waals surface area contributed by atoms with Crippen molar-refractivity contribution in [2.75, 3.05) is 13.7 Å². The molecule has 96 valence electrons. The minimum absolute atomic E-state index is 0.184. The second-order valence-electron chi connectivity index (χ2n) is 3.65. The summed E-state index contributed by atoms with van der Waals surface area (Å²) in [7, 11) is 1.26. The molecule has 1 N–H and O–H groups in total. The summed E-state index contributed by atoms with van der Waals surface area (Å²) in [5, 5.41) is 9.53. The number of ether oxygens (including phenoxy) is 2. The zero-order valence-electron chi connectivity index (χ0n) is 10.3. The van der Waals surface area contributed by atoms with E-state index in [9.17, 15) is 9.90 Å². The second kappa shape index (κ2) is 8.29. The van der Waals surface area contributed by atoms with Gasteiger partial charge in [-0.3, -0.25) is 0 Å². The molecule has 0 aliphatic carbocycles. The summed E-state index contributed by atoms with van der Waals surface area (Å²) >= 11 is 0. The average Bonchev–Trinajstić information content (AvgIpc) is 2.39. The van der Waals surface area contributed by atoms with Crippen molar-refractivity contribution in [3.8, 4) is 11.8 Å². The van der Waals surface area contributed by atoms with Crippen molar-refractivity contribution in [2.24, 2.45) is 0 Å². The molecule has 1 aromatic rings. The van der Waals surface area contributed by atoms with E-state index in [0.717, 1.165) is 5.56 Å². The Kier molecular flexibility index (Phi) is 6.55. The molecule has 0 aliphatic heterocycles. The summed E-state index contributed by atoms with van der Waals surface area (Å²) in [6.45, 7) is 0.632. The average molecular weight is 248 g/mol. The third-order valence-corrected chi connectivity index (χ3v) is 2.14. The van der Waals surface area contributed by atoms with E-state index in [1.54, 1.807) is 0 Å². The first kappa shape index (κ1) is 14.2. The second-order valence-corrected chi connectivity index (χ2v) is 3.65. The molecule has 0 unspecified atom stereocenters. The number of esters is 1. The molecular formula is C14H16O4. The maximum atomic E-state index is 10.7. The van der Waals surface area contributed by atoms with Crippen LogP contribution in [0.2, 0.25) is 0 Å². The van der Waals surface area contributed by atoms with E-state index in [2.05, 4.69) is 16.6 Å². The number of aliphatic hydroxyl groups is 1. The molecule has 0 fully saturated rings. The van der Waals surface area contributed by atoms with Gasteiger partial charge in [0.1, 0.15) is 0 Å². The van der Waals surface area contributed by atoms with Crippen molar-refractivity contribution >= 4 is 5.97 Å². The summed E-state index contributed by atoms with van der Waals surface area (Å²) in [5.41, 5.74) is 1.05. The number of benzene rings is 1. The summed E-state index contributed by atoms with van der Waals surface area (Å²) < 4.78 is 9.68. The Morgan fingerprint density at radius 2 is 2.11 bits per heavy atom. The van der Waals surface area contributed by atoms with E-state index in [0.29, 0.717) is 6.61 Å². The fraction of sp³-hybridized carbons (Fsp3) is 0.357. The lowest BCUT2D eigenvalue weighted by molar-refractivity contribution is -0.133. The first-order valence-electron chi connectivity index (χ1n) is 5.59. The maximum absolute atomic E-state index is 10.7. The smallest absolute Gasteiger partial charge is 0.384 e. The van der Waals surface area contributed by atoms with Crippen molar-refractivity contribution in [1.82, 2.24) is 0 Å². The van der Waals surface area contributed by atoms with E-state index < -0.39 is 12.1 Å². The van der Waals surface area contributed by atoms with Gasteiger partial charge in [0.2, 0.25) is 0 Å². The van der Waals surface area contributed by atoms with Gasteiger partial charge >= 0.3 is 5.97 Å². The number of aliphatic hydroxyl groups excluding tert-OH is 1. The highest BCUT2D eigenvalue weighted by molar-refractivity contribution is 5.88. The lowest BCUT2D eigenvalue weighted by Gasteiger charge is -2.08. The monoisotopic (exact) mass is 248 g/mol. The van der Waals surface area contributed by atoms with Crippen LogP contribution in [0.3, 0.4) is 0 Å². The minimum atomic E-state index is -0.703. The van der Waals surface area contributed by atoms with Crippen molar-refractivity contribution in [1.29, 1.82) is 0 Å². The summed E-state index contributed by atoms with van der Waals surface area (Å²) in [6, 6.07) is 9.68. The van der Waals surface area contributed by atoms with Gasteiger partial charge in [-0.05, 0) is 5.56 Å². The van der Waals surface area contributed by atoms with Crippen molar-refractivity contribution in [3.05, 3.63) is 35.9 Å². The zero-order chi connectivity index (χ0) is 13.2.